The van der Waals surface area contributed by atoms with Crippen LogP contribution in [0.15, 0.2) is 22.7 Å². The number of hydrogen-bond acceptors (Lipinski definition) is 3. The molecule has 5 heteroatoms. The van der Waals surface area contributed by atoms with E-state index in [1.807, 2.05) is 12.1 Å². The molecule has 1 aromatic carbocycles. The van der Waals surface area contributed by atoms with Gasteiger partial charge >= 0.3 is 5.97 Å². The third-order valence-corrected chi connectivity index (χ3v) is 5.44. The summed E-state index contributed by atoms with van der Waals surface area (Å²) in [5, 5.41) is 10.00. The summed E-state index contributed by atoms with van der Waals surface area (Å²) in [6.45, 7) is 3.06. The van der Waals surface area contributed by atoms with E-state index in [0.717, 1.165) is 60.9 Å². The number of carbonyl (C=O) groups is 1. The van der Waals surface area contributed by atoms with Crippen molar-refractivity contribution in [2.24, 2.45) is 0 Å². The first kappa shape index (κ1) is 15.8. The number of rotatable bonds is 3. The first-order valence-corrected chi connectivity index (χ1v) is 8.79. The lowest BCUT2D eigenvalue weighted by molar-refractivity contribution is -0.145. The minimum atomic E-state index is -0.740. The highest BCUT2D eigenvalue weighted by Crippen LogP contribution is 2.44. The van der Waals surface area contributed by atoms with Crippen LogP contribution in [-0.4, -0.2) is 37.4 Å². The van der Waals surface area contributed by atoms with Crippen LogP contribution in [-0.2, 0) is 14.9 Å². The zero-order valence-corrected chi connectivity index (χ0v) is 14.3. The molecular formula is C17H22BrNO3. The number of benzene rings is 1. The average Bonchev–Trinajstić information content (AvgIpc) is 2.56. The third-order valence-electron chi connectivity index (χ3n) is 4.94. The van der Waals surface area contributed by atoms with Gasteiger partial charge in [-0.3, -0.25) is 4.79 Å². The standard InChI is InChI=1S/C17H22BrNO3/c18-13-4-5-15(19-8-10-22-11-9-19)14(12-13)17(16(20)21)6-2-1-3-7-17/h4-5,12H,1-3,6-11H2,(H,20,21). The normalized spacial score (nSPS) is 21.6. The second-order valence-electron chi connectivity index (χ2n) is 6.21. The summed E-state index contributed by atoms with van der Waals surface area (Å²) >= 11 is 3.52. The van der Waals surface area contributed by atoms with E-state index in [-0.39, 0.29) is 0 Å². The molecule has 3 rings (SSSR count). The molecule has 1 aliphatic heterocycles. The first-order valence-electron chi connectivity index (χ1n) is 8.00. The summed E-state index contributed by atoms with van der Waals surface area (Å²) in [6, 6.07) is 6.08. The third kappa shape index (κ3) is 2.88. The molecule has 0 spiro atoms. The number of halogens is 1. The lowest BCUT2D eigenvalue weighted by atomic mass is 9.69. The van der Waals surface area contributed by atoms with Gasteiger partial charge in [-0.2, -0.15) is 0 Å². The zero-order valence-electron chi connectivity index (χ0n) is 12.7. The van der Waals surface area contributed by atoms with Gasteiger partial charge in [-0.1, -0.05) is 35.2 Å². The van der Waals surface area contributed by atoms with E-state index >= 15 is 0 Å². The van der Waals surface area contributed by atoms with Crippen LogP contribution in [0, 0.1) is 0 Å². The highest BCUT2D eigenvalue weighted by Gasteiger charge is 2.43. The molecule has 2 aliphatic rings. The lowest BCUT2D eigenvalue weighted by Gasteiger charge is -2.39. The van der Waals surface area contributed by atoms with E-state index in [9.17, 15) is 9.90 Å². The molecule has 0 amide bonds. The molecule has 1 heterocycles. The van der Waals surface area contributed by atoms with Gasteiger partial charge in [0.15, 0.2) is 0 Å². The Bertz CT molecular complexity index is 549. The van der Waals surface area contributed by atoms with E-state index in [2.05, 4.69) is 26.9 Å². The molecule has 0 radical (unpaired) electrons. The van der Waals surface area contributed by atoms with E-state index in [4.69, 9.17) is 4.74 Å². The van der Waals surface area contributed by atoms with Gasteiger partial charge in [-0.25, -0.2) is 0 Å². The van der Waals surface area contributed by atoms with Crippen molar-refractivity contribution in [3.8, 4) is 0 Å². The first-order chi connectivity index (χ1) is 10.6. The number of nitrogens with zero attached hydrogens (tertiary/aromatic N) is 1. The largest absolute Gasteiger partial charge is 0.481 e. The van der Waals surface area contributed by atoms with Crippen LogP contribution in [0.25, 0.3) is 0 Å². The number of hydrogen-bond donors (Lipinski definition) is 1. The zero-order chi connectivity index (χ0) is 15.6. The van der Waals surface area contributed by atoms with E-state index < -0.39 is 11.4 Å². The van der Waals surface area contributed by atoms with Crippen LogP contribution in [0.1, 0.15) is 37.7 Å². The van der Waals surface area contributed by atoms with Gasteiger partial charge in [0, 0.05) is 23.2 Å². The van der Waals surface area contributed by atoms with Crippen LogP contribution >= 0.6 is 15.9 Å². The Balaban J connectivity index is 2.06. The maximum atomic E-state index is 12.2. The van der Waals surface area contributed by atoms with Crippen molar-refractivity contribution < 1.29 is 14.6 Å². The maximum Gasteiger partial charge on any atom is 0.314 e. The van der Waals surface area contributed by atoms with Crippen molar-refractivity contribution in [2.75, 3.05) is 31.2 Å². The highest BCUT2D eigenvalue weighted by molar-refractivity contribution is 9.10. The molecule has 120 valence electrons. The summed E-state index contributed by atoms with van der Waals surface area (Å²) in [7, 11) is 0. The Morgan fingerprint density at radius 1 is 1.18 bits per heavy atom. The summed E-state index contributed by atoms with van der Waals surface area (Å²) in [5.41, 5.74) is 1.29. The van der Waals surface area contributed by atoms with Gasteiger partial charge in [0.2, 0.25) is 0 Å². The van der Waals surface area contributed by atoms with E-state index in [1.165, 1.54) is 0 Å². The van der Waals surface area contributed by atoms with Crippen molar-refractivity contribution >= 4 is 27.6 Å². The molecule has 1 aliphatic carbocycles. The topological polar surface area (TPSA) is 49.8 Å². The number of carboxylic acids is 1. The monoisotopic (exact) mass is 367 g/mol. The fourth-order valence-corrected chi connectivity index (χ4v) is 4.09. The van der Waals surface area contributed by atoms with Gasteiger partial charge in [0.1, 0.15) is 0 Å². The van der Waals surface area contributed by atoms with Crippen LogP contribution in [0.3, 0.4) is 0 Å². The molecule has 4 nitrogen and oxygen atoms in total. The Morgan fingerprint density at radius 2 is 1.86 bits per heavy atom. The fourth-order valence-electron chi connectivity index (χ4n) is 3.73. The van der Waals surface area contributed by atoms with Gasteiger partial charge in [-0.15, -0.1) is 0 Å². The molecule has 0 aromatic heterocycles. The molecule has 1 N–H and O–H groups in total. The average molecular weight is 368 g/mol. The quantitative estimate of drug-likeness (QED) is 0.886. The van der Waals surface area contributed by atoms with Crippen molar-refractivity contribution in [3.05, 3.63) is 28.2 Å². The number of carboxylic acid groups (broad SMARTS) is 1. The fraction of sp³-hybridized carbons (Fsp3) is 0.588. The minimum Gasteiger partial charge on any atom is -0.481 e. The van der Waals surface area contributed by atoms with E-state index in [1.54, 1.807) is 0 Å². The maximum absolute atomic E-state index is 12.2. The van der Waals surface area contributed by atoms with Crippen molar-refractivity contribution in [3.63, 3.8) is 0 Å². The molecule has 1 aromatic rings. The number of anilines is 1. The summed E-state index contributed by atoms with van der Waals surface area (Å²) in [4.78, 5) is 14.4. The predicted molar refractivity (Wildman–Crippen MR) is 89.6 cm³/mol. The number of ether oxygens (including phenoxy) is 1. The van der Waals surface area contributed by atoms with Crippen LogP contribution < -0.4 is 4.90 Å². The Morgan fingerprint density at radius 3 is 2.50 bits per heavy atom. The Hall–Kier alpha value is -1.07. The molecule has 2 fully saturated rings. The molecule has 22 heavy (non-hydrogen) atoms. The van der Waals surface area contributed by atoms with Gasteiger partial charge in [-0.05, 0) is 36.6 Å². The second-order valence-corrected chi connectivity index (χ2v) is 7.12. The van der Waals surface area contributed by atoms with Crippen molar-refractivity contribution in [2.45, 2.75) is 37.5 Å². The van der Waals surface area contributed by atoms with Crippen molar-refractivity contribution in [1.82, 2.24) is 0 Å². The Labute approximate surface area is 139 Å². The van der Waals surface area contributed by atoms with Crippen LogP contribution in [0.4, 0.5) is 5.69 Å². The van der Waals surface area contributed by atoms with Crippen LogP contribution in [0.2, 0.25) is 0 Å². The molecule has 0 bridgehead atoms. The summed E-state index contributed by atoms with van der Waals surface area (Å²) < 4.78 is 6.39. The molecular weight excluding hydrogens is 346 g/mol. The Kier molecular flexibility index (Phi) is 4.73. The SMILES string of the molecule is O=C(O)C1(c2cc(Br)ccc2N2CCOCC2)CCCCC1. The van der Waals surface area contributed by atoms with Gasteiger partial charge in [0.05, 0.1) is 18.6 Å². The van der Waals surface area contributed by atoms with E-state index in [0.29, 0.717) is 13.2 Å². The van der Waals surface area contributed by atoms with Crippen molar-refractivity contribution in [1.29, 1.82) is 0 Å². The van der Waals surface area contributed by atoms with Gasteiger partial charge < -0.3 is 14.7 Å². The summed E-state index contributed by atoms with van der Waals surface area (Å²) in [5.74, 6) is -0.681. The lowest BCUT2D eigenvalue weighted by Crippen LogP contribution is -2.42. The second kappa shape index (κ2) is 6.59. The number of morpholine rings is 1. The highest BCUT2D eigenvalue weighted by atomic mass is 79.9. The van der Waals surface area contributed by atoms with Crippen LogP contribution in [0.5, 0.6) is 0 Å². The smallest absolute Gasteiger partial charge is 0.314 e. The predicted octanol–water partition coefficient (Wildman–Crippen LogP) is 3.57. The molecule has 0 unspecified atom stereocenters. The number of aliphatic carboxylic acids is 1. The molecule has 1 saturated heterocycles. The van der Waals surface area contributed by atoms with Gasteiger partial charge in [0.25, 0.3) is 0 Å². The summed E-state index contributed by atoms with van der Waals surface area (Å²) in [6.07, 6.45) is 4.57. The molecule has 0 atom stereocenters. The minimum absolute atomic E-state index is 0.681. The molecule has 1 saturated carbocycles.